The van der Waals surface area contributed by atoms with E-state index in [4.69, 9.17) is 0 Å². The molecule has 0 bridgehead atoms. The minimum atomic E-state index is 0.0436. The van der Waals surface area contributed by atoms with Crippen molar-refractivity contribution in [3.8, 4) is 5.69 Å². The summed E-state index contributed by atoms with van der Waals surface area (Å²) in [5, 5.41) is 7.87. The van der Waals surface area contributed by atoms with Crippen molar-refractivity contribution in [1.82, 2.24) is 24.6 Å². The lowest BCUT2D eigenvalue weighted by atomic mass is 9.89. The number of anilines is 1. The van der Waals surface area contributed by atoms with E-state index >= 15 is 0 Å². The standard InChI is InChI=1S/C24H30N6O/c1-16-7-9-21(30-15-27-19(4)28-30)20(12-16)24(31)29-11-5-6-18(3)22(29)14-26-23-10-8-17(2)13-25-23/h7-10,12-13,15,18,22H,5-6,11,14H2,1-4H3,(H,25,26). The van der Waals surface area contributed by atoms with Gasteiger partial charge in [0.1, 0.15) is 18.0 Å². The molecule has 1 N–H and O–H groups in total. The zero-order chi connectivity index (χ0) is 22.0. The summed E-state index contributed by atoms with van der Waals surface area (Å²) >= 11 is 0. The number of aryl methyl sites for hydroxylation is 3. The average molecular weight is 419 g/mol. The lowest BCUT2D eigenvalue weighted by Crippen LogP contribution is -2.51. The van der Waals surface area contributed by atoms with Gasteiger partial charge in [-0.2, -0.15) is 5.10 Å². The van der Waals surface area contributed by atoms with Crippen LogP contribution in [-0.4, -0.2) is 49.7 Å². The number of benzene rings is 1. The molecular formula is C24H30N6O. The van der Waals surface area contributed by atoms with Gasteiger partial charge in [-0.15, -0.1) is 0 Å². The Morgan fingerprint density at radius 2 is 1.94 bits per heavy atom. The molecule has 0 aliphatic carbocycles. The third kappa shape index (κ3) is 4.60. The maximum atomic E-state index is 13.8. The molecule has 2 unspecified atom stereocenters. The molecule has 1 fully saturated rings. The Balaban J connectivity index is 1.61. The molecule has 7 nitrogen and oxygen atoms in total. The van der Waals surface area contributed by atoms with Crippen LogP contribution in [0.5, 0.6) is 0 Å². The molecule has 1 aliphatic heterocycles. The first-order chi connectivity index (χ1) is 14.9. The second-order valence-corrected chi connectivity index (χ2v) is 8.54. The first-order valence-corrected chi connectivity index (χ1v) is 10.9. The summed E-state index contributed by atoms with van der Waals surface area (Å²) in [6.07, 6.45) is 5.64. The molecule has 4 rings (SSSR count). The van der Waals surface area contributed by atoms with Crippen molar-refractivity contribution in [2.24, 2.45) is 5.92 Å². The van der Waals surface area contributed by atoms with Crippen LogP contribution in [0.25, 0.3) is 5.69 Å². The predicted molar refractivity (Wildman–Crippen MR) is 122 cm³/mol. The molecule has 3 aromatic rings. The number of rotatable bonds is 5. The van der Waals surface area contributed by atoms with Crippen LogP contribution < -0.4 is 5.32 Å². The summed E-state index contributed by atoms with van der Waals surface area (Å²) < 4.78 is 1.69. The lowest BCUT2D eigenvalue weighted by molar-refractivity contribution is 0.0540. The summed E-state index contributed by atoms with van der Waals surface area (Å²) in [4.78, 5) is 24.5. The molecule has 1 aliphatic rings. The number of nitrogens with one attached hydrogen (secondary N) is 1. The summed E-state index contributed by atoms with van der Waals surface area (Å²) in [6.45, 7) is 9.53. The van der Waals surface area contributed by atoms with Gasteiger partial charge in [-0.25, -0.2) is 14.6 Å². The number of amides is 1. The molecule has 1 saturated heterocycles. The number of hydrogen-bond donors (Lipinski definition) is 1. The van der Waals surface area contributed by atoms with Crippen LogP contribution in [0.3, 0.4) is 0 Å². The van der Waals surface area contributed by atoms with Crippen LogP contribution >= 0.6 is 0 Å². The normalized spacial score (nSPS) is 18.8. The van der Waals surface area contributed by atoms with Gasteiger partial charge in [0.05, 0.1) is 17.3 Å². The van der Waals surface area contributed by atoms with Crippen molar-refractivity contribution in [3.05, 3.63) is 65.4 Å². The van der Waals surface area contributed by atoms with Crippen LogP contribution in [0.2, 0.25) is 0 Å². The van der Waals surface area contributed by atoms with Crippen molar-refractivity contribution in [3.63, 3.8) is 0 Å². The molecule has 0 radical (unpaired) electrons. The number of aromatic nitrogens is 4. The quantitative estimate of drug-likeness (QED) is 0.679. The van der Waals surface area contributed by atoms with E-state index in [2.05, 4.69) is 27.3 Å². The van der Waals surface area contributed by atoms with E-state index in [0.29, 0.717) is 23.9 Å². The first-order valence-electron chi connectivity index (χ1n) is 10.9. The number of likely N-dealkylation sites (tertiary alicyclic amines) is 1. The van der Waals surface area contributed by atoms with E-state index in [0.717, 1.165) is 42.0 Å². The highest BCUT2D eigenvalue weighted by atomic mass is 16.2. The van der Waals surface area contributed by atoms with Crippen molar-refractivity contribution in [2.75, 3.05) is 18.4 Å². The zero-order valence-corrected chi connectivity index (χ0v) is 18.7. The van der Waals surface area contributed by atoms with Crippen molar-refractivity contribution >= 4 is 11.7 Å². The third-order valence-corrected chi connectivity index (χ3v) is 6.02. The zero-order valence-electron chi connectivity index (χ0n) is 18.7. The Bertz CT molecular complexity index is 1060. The molecule has 1 aromatic carbocycles. The highest BCUT2D eigenvalue weighted by molar-refractivity contribution is 5.98. The van der Waals surface area contributed by atoms with Crippen molar-refractivity contribution < 1.29 is 4.79 Å². The molecule has 7 heteroatoms. The molecule has 2 aromatic heterocycles. The summed E-state index contributed by atoms with van der Waals surface area (Å²) in [5.41, 5.74) is 3.61. The highest BCUT2D eigenvalue weighted by Crippen LogP contribution is 2.27. The van der Waals surface area contributed by atoms with E-state index in [-0.39, 0.29) is 11.9 Å². The Morgan fingerprint density at radius 1 is 1.13 bits per heavy atom. The number of piperidine rings is 1. The average Bonchev–Trinajstić information content (AvgIpc) is 3.19. The fraction of sp³-hybridized carbons (Fsp3) is 0.417. The number of pyridine rings is 1. The highest BCUT2D eigenvalue weighted by Gasteiger charge is 2.33. The number of nitrogens with zero attached hydrogens (tertiary/aromatic N) is 5. The molecule has 2 atom stereocenters. The van der Waals surface area contributed by atoms with Crippen molar-refractivity contribution in [2.45, 2.75) is 46.6 Å². The predicted octanol–water partition coefficient (Wildman–Crippen LogP) is 3.94. The van der Waals surface area contributed by atoms with Gasteiger partial charge in [-0.05, 0) is 63.3 Å². The van der Waals surface area contributed by atoms with Gasteiger partial charge in [0.2, 0.25) is 0 Å². The second kappa shape index (κ2) is 8.88. The lowest BCUT2D eigenvalue weighted by Gasteiger charge is -2.40. The Kier molecular flexibility index (Phi) is 6.02. The molecule has 31 heavy (non-hydrogen) atoms. The van der Waals surface area contributed by atoms with Crippen molar-refractivity contribution in [1.29, 1.82) is 0 Å². The molecule has 162 valence electrons. The van der Waals surface area contributed by atoms with E-state index in [1.807, 2.05) is 62.2 Å². The van der Waals surface area contributed by atoms with Crippen LogP contribution in [0.15, 0.2) is 42.9 Å². The summed E-state index contributed by atoms with van der Waals surface area (Å²) in [7, 11) is 0. The summed E-state index contributed by atoms with van der Waals surface area (Å²) in [5.74, 6) is 1.96. The maximum absolute atomic E-state index is 13.8. The molecular weight excluding hydrogens is 388 g/mol. The fourth-order valence-corrected chi connectivity index (χ4v) is 4.23. The largest absolute Gasteiger partial charge is 0.368 e. The third-order valence-electron chi connectivity index (χ3n) is 6.02. The number of hydrogen-bond acceptors (Lipinski definition) is 5. The van der Waals surface area contributed by atoms with Gasteiger partial charge in [0.15, 0.2) is 0 Å². The minimum absolute atomic E-state index is 0.0436. The molecule has 1 amide bonds. The molecule has 0 saturated carbocycles. The fourth-order valence-electron chi connectivity index (χ4n) is 4.23. The van der Waals surface area contributed by atoms with Crippen LogP contribution in [0.1, 0.15) is 47.1 Å². The maximum Gasteiger partial charge on any atom is 0.256 e. The first kappa shape index (κ1) is 21.0. The van der Waals surface area contributed by atoms with Gasteiger partial charge in [0, 0.05) is 19.3 Å². The SMILES string of the molecule is Cc1ccc(NCC2C(C)CCCN2C(=O)c2cc(C)ccc2-n2cnc(C)n2)nc1. The van der Waals surface area contributed by atoms with Crippen LogP contribution in [-0.2, 0) is 0 Å². The van der Waals surface area contributed by atoms with E-state index < -0.39 is 0 Å². The smallest absolute Gasteiger partial charge is 0.256 e. The van der Waals surface area contributed by atoms with Gasteiger partial charge in [0.25, 0.3) is 5.91 Å². The number of carbonyl (C=O) groups excluding carboxylic acids is 1. The Morgan fingerprint density at radius 3 is 2.65 bits per heavy atom. The van der Waals surface area contributed by atoms with E-state index in [1.54, 1.807) is 11.0 Å². The number of carbonyl (C=O) groups is 1. The minimum Gasteiger partial charge on any atom is -0.368 e. The monoisotopic (exact) mass is 418 g/mol. The summed E-state index contributed by atoms with van der Waals surface area (Å²) in [6, 6.07) is 10.0. The van der Waals surface area contributed by atoms with Crippen LogP contribution in [0, 0.1) is 26.7 Å². The van der Waals surface area contributed by atoms with Gasteiger partial charge in [-0.1, -0.05) is 24.6 Å². The van der Waals surface area contributed by atoms with Gasteiger partial charge < -0.3 is 10.2 Å². The van der Waals surface area contributed by atoms with Gasteiger partial charge in [-0.3, -0.25) is 4.79 Å². The Hall–Kier alpha value is -3.22. The topological polar surface area (TPSA) is 75.9 Å². The van der Waals surface area contributed by atoms with E-state index in [1.165, 1.54) is 0 Å². The van der Waals surface area contributed by atoms with Gasteiger partial charge >= 0.3 is 0 Å². The molecule has 0 spiro atoms. The van der Waals surface area contributed by atoms with Crippen LogP contribution in [0.4, 0.5) is 5.82 Å². The van der Waals surface area contributed by atoms with E-state index in [9.17, 15) is 4.79 Å². The Labute approximate surface area is 183 Å². The molecule has 3 heterocycles. The second-order valence-electron chi connectivity index (χ2n) is 8.54.